The Morgan fingerprint density at radius 3 is 2.58 bits per heavy atom. The molecule has 0 fully saturated rings. The highest BCUT2D eigenvalue weighted by Gasteiger charge is 2.17. The average Bonchev–Trinajstić information content (AvgIpc) is 2.34. The Hall–Kier alpha value is -1.55. The van der Waals surface area contributed by atoms with Gasteiger partial charge in [0.2, 0.25) is 0 Å². The van der Waals surface area contributed by atoms with Crippen LogP contribution in [0, 0.1) is 13.8 Å². The van der Waals surface area contributed by atoms with Crippen molar-refractivity contribution < 1.29 is 14.6 Å². The lowest BCUT2D eigenvalue weighted by atomic mass is 10.1. The number of aliphatic hydroxyl groups excluding tert-OH is 1. The van der Waals surface area contributed by atoms with Crippen molar-refractivity contribution in [2.75, 3.05) is 19.8 Å². The van der Waals surface area contributed by atoms with Crippen molar-refractivity contribution in [1.82, 2.24) is 4.90 Å². The molecule has 1 N–H and O–H groups in total. The number of aryl methyl sites for hydroxylation is 2. The van der Waals surface area contributed by atoms with E-state index in [4.69, 9.17) is 9.84 Å². The fourth-order valence-electron chi connectivity index (χ4n) is 1.96. The van der Waals surface area contributed by atoms with Gasteiger partial charge in [0.1, 0.15) is 5.75 Å². The maximum absolute atomic E-state index is 12.0. The van der Waals surface area contributed by atoms with Crippen molar-refractivity contribution in [1.29, 1.82) is 0 Å². The van der Waals surface area contributed by atoms with Crippen LogP contribution in [0.25, 0.3) is 0 Å². The Kier molecular flexibility index (Phi) is 5.83. The van der Waals surface area contributed by atoms with Gasteiger partial charge in [-0.3, -0.25) is 4.79 Å². The molecule has 4 nitrogen and oxygen atoms in total. The number of nitrogens with zero attached hydrogens (tertiary/aromatic N) is 1. The molecule has 0 saturated heterocycles. The maximum atomic E-state index is 12.0. The molecule has 0 spiro atoms. The Morgan fingerprint density at radius 1 is 1.37 bits per heavy atom. The summed E-state index contributed by atoms with van der Waals surface area (Å²) < 4.78 is 5.56. The molecule has 4 heteroatoms. The molecular weight excluding hydrogens is 242 g/mol. The van der Waals surface area contributed by atoms with E-state index >= 15 is 0 Å². The Balaban J connectivity index is 2.62. The summed E-state index contributed by atoms with van der Waals surface area (Å²) in [6.07, 6.45) is 0. The third-order valence-corrected chi connectivity index (χ3v) is 2.97. The molecule has 0 unspecified atom stereocenters. The first-order chi connectivity index (χ1) is 8.95. The number of hydrogen-bond donors (Lipinski definition) is 1. The van der Waals surface area contributed by atoms with Crippen molar-refractivity contribution in [3.05, 3.63) is 29.3 Å². The summed E-state index contributed by atoms with van der Waals surface area (Å²) in [5, 5.41) is 8.96. The minimum Gasteiger partial charge on any atom is -0.484 e. The zero-order valence-corrected chi connectivity index (χ0v) is 12.1. The van der Waals surface area contributed by atoms with Gasteiger partial charge in [-0.15, -0.1) is 0 Å². The molecule has 0 aliphatic rings. The molecule has 0 atom stereocenters. The highest BCUT2D eigenvalue weighted by molar-refractivity contribution is 5.78. The van der Waals surface area contributed by atoms with Crippen molar-refractivity contribution in [2.24, 2.45) is 0 Å². The predicted octanol–water partition coefficient (Wildman–Crippen LogP) is 1.91. The first kappa shape index (κ1) is 15.5. The molecule has 0 heterocycles. The minimum absolute atomic E-state index is 0.00206. The van der Waals surface area contributed by atoms with E-state index in [9.17, 15) is 4.79 Å². The van der Waals surface area contributed by atoms with Crippen LogP contribution in [-0.2, 0) is 4.79 Å². The van der Waals surface area contributed by atoms with Crippen molar-refractivity contribution in [2.45, 2.75) is 33.7 Å². The summed E-state index contributed by atoms with van der Waals surface area (Å²) in [6, 6.07) is 5.92. The number of aliphatic hydroxyl groups is 1. The third-order valence-electron chi connectivity index (χ3n) is 2.97. The van der Waals surface area contributed by atoms with E-state index in [1.165, 1.54) is 5.56 Å². The van der Waals surface area contributed by atoms with Gasteiger partial charge < -0.3 is 14.7 Å². The molecule has 0 aliphatic carbocycles. The van der Waals surface area contributed by atoms with Crippen LogP contribution in [0.2, 0.25) is 0 Å². The minimum atomic E-state index is -0.107. The molecule has 0 aromatic heterocycles. The fraction of sp³-hybridized carbons (Fsp3) is 0.533. The molecule has 0 bridgehead atoms. The van der Waals surface area contributed by atoms with E-state index < -0.39 is 0 Å². The summed E-state index contributed by atoms with van der Waals surface area (Å²) in [4.78, 5) is 13.6. The van der Waals surface area contributed by atoms with E-state index in [2.05, 4.69) is 0 Å². The van der Waals surface area contributed by atoms with Crippen molar-refractivity contribution >= 4 is 5.91 Å². The lowest BCUT2D eigenvalue weighted by molar-refractivity contribution is -0.135. The quantitative estimate of drug-likeness (QED) is 0.855. The summed E-state index contributed by atoms with van der Waals surface area (Å²) in [6.45, 7) is 8.13. The topological polar surface area (TPSA) is 49.8 Å². The van der Waals surface area contributed by atoms with E-state index in [-0.39, 0.29) is 25.2 Å². The number of hydrogen-bond acceptors (Lipinski definition) is 3. The number of carbonyl (C=O) groups is 1. The van der Waals surface area contributed by atoms with Gasteiger partial charge in [0.15, 0.2) is 6.61 Å². The smallest absolute Gasteiger partial charge is 0.260 e. The van der Waals surface area contributed by atoms with E-state index in [1.54, 1.807) is 4.90 Å². The van der Waals surface area contributed by atoms with Gasteiger partial charge in [0.25, 0.3) is 5.91 Å². The summed E-state index contributed by atoms with van der Waals surface area (Å²) >= 11 is 0. The SMILES string of the molecule is Cc1ccc(OCC(=O)N(CCO)C(C)C)c(C)c1. The normalized spacial score (nSPS) is 10.6. The average molecular weight is 265 g/mol. The van der Waals surface area contributed by atoms with Gasteiger partial charge in [0, 0.05) is 12.6 Å². The van der Waals surface area contributed by atoms with Crippen LogP contribution < -0.4 is 4.74 Å². The number of ether oxygens (including phenoxy) is 1. The van der Waals surface area contributed by atoms with Crippen LogP contribution >= 0.6 is 0 Å². The summed E-state index contributed by atoms with van der Waals surface area (Å²) in [5.41, 5.74) is 2.19. The monoisotopic (exact) mass is 265 g/mol. The van der Waals surface area contributed by atoms with Gasteiger partial charge in [-0.25, -0.2) is 0 Å². The number of carbonyl (C=O) groups excluding carboxylic acids is 1. The molecular formula is C15H23NO3. The Labute approximate surface area is 115 Å². The largest absolute Gasteiger partial charge is 0.484 e. The fourth-order valence-corrected chi connectivity index (χ4v) is 1.96. The van der Waals surface area contributed by atoms with Crippen LogP contribution in [0.4, 0.5) is 0 Å². The first-order valence-corrected chi connectivity index (χ1v) is 6.56. The molecule has 1 rings (SSSR count). The standard InChI is InChI=1S/C15H23NO3/c1-11(2)16(7-8-17)15(18)10-19-14-6-5-12(3)9-13(14)4/h5-6,9,11,17H,7-8,10H2,1-4H3. The molecule has 1 amide bonds. The zero-order chi connectivity index (χ0) is 14.4. The molecule has 1 aromatic carbocycles. The van der Waals surface area contributed by atoms with Gasteiger partial charge in [-0.1, -0.05) is 17.7 Å². The predicted molar refractivity (Wildman–Crippen MR) is 75.3 cm³/mol. The van der Waals surface area contributed by atoms with Gasteiger partial charge >= 0.3 is 0 Å². The summed E-state index contributed by atoms with van der Waals surface area (Å²) in [5.74, 6) is 0.621. The second-order valence-electron chi connectivity index (χ2n) is 4.96. The Bertz CT molecular complexity index is 429. The molecule has 0 saturated carbocycles. The second-order valence-corrected chi connectivity index (χ2v) is 4.96. The molecule has 0 aliphatic heterocycles. The number of benzene rings is 1. The molecule has 1 aromatic rings. The zero-order valence-electron chi connectivity index (χ0n) is 12.1. The third kappa shape index (κ3) is 4.56. The number of amides is 1. The lowest BCUT2D eigenvalue weighted by Crippen LogP contribution is -2.41. The van der Waals surface area contributed by atoms with Crippen LogP contribution in [0.15, 0.2) is 18.2 Å². The Morgan fingerprint density at radius 2 is 2.05 bits per heavy atom. The van der Waals surface area contributed by atoms with Crippen LogP contribution in [0.1, 0.15) is 25.0 Å². The highest BCUT2D eigenvalue weighted by atomic mass is 16.5. The van der Waals surface area contributed by atoms with Gasteiger partial charge in [-0.2, -0.15) is 0 Å². The van der Waals surface area contributed by atoms with E-state index in [0.29, 0.717) is 6.54 Å². The molecule has 19 heavy (non-hydrogen) atoms. The van der Waals surface area contributed by atoms with Crippen LogP contribution in [0.5, 0.6) is 5.75 Å². The van der Waals surface area contributed by atoms with E-state index in [1.807, 2.05) is 45.9 Å². The second kappa shape index (κ2) is 7.14. The highest BCUT2D eigenvalue weighted by Crippen LogP contribution is 2.18. The van der Waals surface area contributed by atoms with E-state index in [0.717, 1.165) is 11.3 Å². The van der Waals surface area contributed by atoms with Gasteiger partial charge in [0.05, 0.1) is 6.61 Å². The first-order valence-electron chi connectivity index (χ1n) is 6.56. The maximum Gasteiger partial charge on any atom is 0.260 e. The molecule has 106 valence electrons. The van der Waals surface area contributed by atoms with Crippen LogP contribution in [-0.4, -0.2) is 41.7 Å². The molecule has 0 radical (unpaired) electrons. The van der Waals surface area contributed by atoms with Gasteiger partial charge in [-0.05, 0) is 39.3 Å². The van der Waals surface area contributed by atoms with Crippen molar-refractivity contribution in [3.63, 3.8) is 0 Å². The van der Waals surface area contributed by atoms with Crippen LogP contribution in [0.3, 0.4) is 0 Å². The van der Waals surface area contributed by atoms with Crippen molar-refractivity contribution in [3.8, 4) is 5.75 Å². The lowest BCUT2D eigenvalue weighted by Gasteiger charge is -2.26. The summed E-state index contributed by atoms with van der Waals surface area (Å²) in [7, 11) is 0. The number of rotatable bonds is 6.